The van der Waals surface area contributed by atoms with Crippen LogP contribution in [0.2, 0.25) is 0 Å². The molecule has 0 saturated heterocycles. The first kappa shape index (κ1) is 14.0. The van der Waals surface area contributed by atoms with Crippen molar-refractivity contribution in [3.05, 3.63) is 36.5 Å². The summed E-state index contributed by atoms with van der Waals surface area (Å²) in [6.07, 6.45) is 3.48. The zero-order valence-electron chi connectivity index (χ0n) is 11.3. The van der Waals surface area contributed by atoms with Crippen molar-refractivity contribution >= 4 is 28.4 Å². The minimum Gasteiger partial charge on any atom is -0.348 e. The Morgan fingerprint density at radius 2 is 1.95 bits per heavy atom. The molecule has 0 unspecified atom stereocenters. The zero-order chi connectivity index (χ0) is 14.4. The number of amides is 2. The molecule has 0 radical (unpaired) electrons. The molecule has 104 valence electrons. The van der Waals surface area contributed by atoms with Crippen LogP contribution in [0.1, 0.15) is 19.8 Å². The lowest BCUT2D eigenvalue weighted by Gasteiger charge is -2.08. The number of aromatic nitrogens is 1. The van der Waals surface area contributed by atoms with Crippen LogP contribution in [-0.4, -0.2) is 23.3 Å². The average molecular weight is 271 g/mol. The Bertz CT molecular complexity index is 620. The molecule has 0 saturated carbocycles. The molecule has 0 aliphatic rings. The summed E-state index contributed by atoms with van der Waals surface area (Å²) in [7, 11) is 0. The molecule has 2 aromatic rings. The number of hydrogen-bond donors (Lipinski definition) is 2. The van der Waals surface area contributed by atoms with Gasteiger partial charge in [0.2, 0.25) is 0 Å². The third-order valence-corrected chi connectivity index (χ3v) is 2.90. The highest BCUT2D eigenvalue weighted by molar-refractivity contribution is 6.40. The SMILES string of the molecule is CCCCNC(=O)C(=O)Nc1cccc2cccnc12. The second-order valence-corrected chi connectivity index (χ2v) is 4.44. The summed E-state index contributed by atoms with van der Waals surface area (Å²) < 4.78 is 0. The first-order valence-electron chi connectivity index (χ1n) is 6.65. The number of unbranched alkanes of at least 4 members (excludes halogenated alkanes) is 1. The fourth-order valence-electron chi connectivity index (χ4n) is 1.84. The Kier molecular flexibility index (Phi) is 4.65. The molecule has 0 fully saturated rings. The summed E-state index contributed by atoms with van der Waals surface area (Å²) in [5.74, 6) is -1.29. The van der Waals surface area contributed by atoms with E-state index in [4.69, 9.17) is 0 Å². The van der Waals surface area contributed by atoms with Gasteiger partial charge in [-0.1, -0.05) is 31.5 Å². The molecule has 2 amide bonds. The number of hydrogen-bond acceptors (Lipinski definition) is 3. The van der Waals surface area contributed by atoms with Crippen molar-refractivity contribution < 1.29 is 9.59 Å². The van der Waals surface area contributed by atoms with Crippen molar-refractivity contribution in [2.24, 2.45) is 0 Å². The molecule has 0 aliphatic carbocycles. The molecule has 0 aliphatic heterocycles. The number of pyridine rings is 1. The lowest BCUT2D eigenvalue weighted by atomic mass is 10.2. The second kappa shape index (κ2) is 6.65. The number of carbonyl (C=O) groups is 2. The number of rotatable bonds is 4. The molecule has 2 N–H and O–H groups in total. The van der Waals surface area contributed by atoms with Gasteiger partial charge in [-0.15, -0.1) is 0 Å². The average Bonchev–Trinajstić information content (AvgIpc) is 2.47. The molecular weight excluding hydrogens is 254 g/mol. The van der Waals surface area contributed by atoms with Crippen molar-refractivity contribution in [1.82, 2.24) is 10.3 Å². The van der Waals surface area contributed by atoms with Crippen LogP contribution >= 0.6 is 0 Å². The third-order valence-electron chi connectivity index (χ3n) is 2.90. The van der Waals surface area contributed by atoms with Gasteiger partial charge in [0, 0.05) is 18.1 Å². The van der Waals surface area contributed by atoms with E-state index < -0.39 is 11.8 Å². The van der Waals surface area contributed by atoms with Crippen LogP contribution in [0.5, 0.6) is 0 Å². The van der Waals surface area contributed by atoms with Gasteiger partial charge in [-0.2, -0.15) is 0 Å². The van der Waals surface area contributed by atoms with E-state index >= 15 is 0 Å². The van der Waals surface area contributed by atoms with Crippen molar-refractivity contribution in [1.29, 1.82) is 0 Å². The van der Waals surface area contributed by atoms with Crippen LogP contribution in [0.4, 0.5) is 5.69 Å². The number of nitrogens with one attached hydrogen (secondary N) is 2. The van der Waals surface area contributed by atoms with Crippen LogP contribution in [0, 0.1) is 0 Å². The van der Waals surface area contributed by atoms with Crippen LogP contribution in [-0.2, 0) is 9.59 Å². The zero-order valence-corrected chi connectivity index (χ0v) is 11.3. The van der Waals surface area contributed by atoms with Crippen LogP contribution in [0.3, 0.4) is 0 Å². The van der Waals surface area contributed by atoms with Gasteiger partial charge in [0.25, 0.3) is 0 Å². The lowest BCUT2D eigenvalue weighted by molar-refractivity contribution is -0.136. The maximum absolute atomic E-state index is 11.8. The summed E-state index contributed by atoms with van der Waals surface area (Å²) in [5, 5.41) is 6.09. The second-order valence-electron chi connectivity index (χ2n) is 4.44. The first-order chi connectivity index (χ1) is 9.72. The van der Waals surface area contributed by atoms with Crippen LogP contribution < -0.4 is 10.6 Å². The van der Waals surface area contributed by atoms with E-state index in [1.807, 2.05) is 31.2 Å². The molecule has 2 rings (SSSR count). The summed E-state index contributed by atoms with van der Waals surface area (Å²) in [6.45, 7) is 2.53. The minimum atomic E-state index is -0.667. The number of fused-ring (bicyclic) bond motifs is 1. The van der Waals surface area contributed by atoms with E-state index in [1.54, 1.807) is 12.3 Å². The molecular formula is C15H17N3O2. The minimum absolute atomic E-state index is 0.510. The van der Waals surface area contributed by atoms with E-state index in [0.717, 1.165) is 18.2 Å². The van der Waals surface area contributed by atoms with Gasteiger partial charge in [0.15, 0.2) is 0 Å². The molecule has 0 bridgehead atoms. The van der Waals surface area contributed by atoms with E-state index in [-0.39, 0.29) is 0 Å². The Balaban J connectivity index is 2.08. The van der Waals surface area contributed by atoms with E-state index in [0.29, 0.717) is 17.7 Å². The van der Waals surface area contributed by atoms with Crippen molar-refractivity contribution in [3.8, 4) is 0 Å². The van der Waals surface area contributed by atoms with Gasteiger partial charge >= 0.3 is 11.8 Å². The molecule has 1 heterocycles. The maximum Gasteiger partial charge on any atom is 0.313 e. The van der Waals surface area contributed by atoms with Gasteiger partial charge in [0.1, 0.15) is 0 Å². The highest BCUT2D eigenvalue weighted by atomic mass is 16.2. The Hall–Kier alpha value is -2.43. The molecule has 20 heavy (non-hydrogen) atoms. The number of nitrogens with zero attached hydrogens (tertiary/aromatic N) is 1. The quantitative estimate of drug-likeness (QED) is 0.660. The normalized spacial score (nSPS) is 10.2. The van der Waals surface area contributed by atoms with Crippen LogP contribution in [0.15, 0.2) is 36.5 Å². The highest BCUT2D eigenvalue weighted by Gasteiger charge is 2.14. The summed E-state index contributed by atoms with van der Waals surface area (Å²) in [4.78, 5) is 27.6. The summed E-state index contributed by atoms with van der Waals surface area (Å²) >= 11 is 0. The molecule has 5 heteroatoms. The number of carbonyl (C=O) groups excluding carboxylic acids is 2. The van der Waals surface area contributed by atoms with E-state index in [9.17, 15) is 9.59 Å². The smallest absolute Gasteiger partial charge is 0.313 e. The van der Waals surface area contributed by atoms with Gasteiger partial charge in [-0.3, -0.25) is 14.6 Å². The first-order valence-corrected chi connectivity index (χ1v) is 6.65. The van der Waals surface area contributed by atoms with Gasteiger partial charge in [-0.05, 0) is 18.6 Å². The lowest BCUT2D eigenvalue weighted by Crippen LogP contribution is -2.35. The molecule has 1 aromatic heterocycles. The monoisotopic (exact) mass is 271 g/mol. The van der Waals surface area contributed by atoms with Crippen molar-refractivity contribution in [3.63, 3.8) is 0 Å². The summed E-state index contributed by atoms with van der Waals surface area (Å²) in [6, 6.07) is 9.17. The topological polar surface area (TPSA) is 71.1 Å². The molecule has 5 nitrogen and oxygen atoms in total. The largest absolute Gasteiger partial charge is 0.348 e. The number of para-hydroxylation sites is 1. The van der Waals surface area contributed by atoms with Crippen molar-refractivity contribution in [2.45, 2.75) is 19.8 Å². The van der Waals surface area contributed by atoms with Gasteiger partial charge < -0.3 is 10.6 Å². The highest BCUT2D eigenvalue weighted by Crippen LogP contribution is 2.20. The Labute approximate surface area is 117 Å². The fourth-order valence-corrected chi connectivity index (χ4v) is 1.84. The maximum atomic E-state index is 11.8. The van der Waals surface area contributed by atoms with Crippen molar-refractivity contribution in [2.75, 3.05) is 11.9 Å². The predicted molar refractivity (Wildman–Crippen MR) is 78.3 cm³/mol. The standard InChI is InChI=1S/C15H17N3O2/c1-2-3-9-17-14(19)15(20)18-12-8-4-6-11-7-5-10-16-13(11)12/h4-8,10H,2-3,9H2,1H3,(H,17,19)(H,18,20). The van der Waals surface area contributed by atoms with Gasteiger partial charge in [0.05, 0.1) is 11.2 Å². The number of anilines is 1. The Morgan fingerprint density at radius 3 is 2.75 bits per heavy atom. The number of benzene rings is 1. The summed E-state index contributed by atoms with van der Waals surface area (Å²) in [5.41, 5.74) is 1.21. The van der Waals surface area contributed by atoms with Crippen LogP contribution in [0.25, 0.3) is 10.9 Å². The molecule has 0 atom stereocenters. The molecule has 0 spiro atoms. The van der Waals surface area contributed by atoms with E-state index in [1.165, 1.54) is 0 Å². The third kappa shape index (κ3) is 3.32. The van der Waals surface area contributed by atoms with Gasteiger partial charge in [-0.25, -0.2) is 0 Å². The fraction of sp³-hybridized carbons (Fsp3) is 0.267. The van der Waals surface area contributed by atoms with E-state index in [2.05, 4.69) is 15.6 Å². The predicted octanol–water partition coefficient (Wildman–Crippen LogP) is 2.09. The Morgan fingerprint density at radius 1 is 1.15 bits per heavy atom. The molecule has 1 aromatic carbocycles.